The SMILES string of the molecule is O=C(CCc1ccc(F)cc1)NC1CCCNC1. The minimum absolute atomic E-state index is 0.0769. The standard InChI is InChI=1S/C14H19FN2O/c15-12-6-3-11(4-7-12)5-8-14(18)17-13-2-1-9-16-10-13/h3-4,6-7,13,16H,1-2,5,8-10H2,(H,17,18). The first kappa shape index (κ1) is 13.0. The summed E-state index contributed by atoms with van der Waals surface area (Å²) in [5.74, 6) is -0.162. The summed E-state index contributed by atoms with van der Waals surface area (Å²) < 4.78 is 12.7. The third-order valence-electron chi connectivity index (χ3n) is 3.22. The van der Waals surface area contributed by atoms with Gasteiger partial charge in [-0.25, -0.2) is 4.39 Å². The van der Waals surface area contributed by atoms with Crippen molar-refractivity contribution in [1.82, 2.24) is 10.6 Å². The van der Waals surface area contributed by atoms with Crippen molar-refractivity contribution in [2.75, 3.05) is 13.1 Å². The first-order valence-electron chi connectivity index (χ1n) is 6.48. The van der Waals surface area contributed by atoms with Crippen LogP contribution in [0.5, 0.6) is 0 Å². The van der Waals surface area contributed by atoms with Crippen LogP contribution in [0.1, 0.15) is 24.8 Å². The molecule has 1 aliphatic rings. The summed E-state index contributed by atoms with van der Waals surface area (Å²) in [5.41, 5.74) is 0.994. The van der Waals surface area contributed by atoms with Crippen LogP contribution in [0.25, 0.3) is 0 Å². The van der Waals surface area contributed by atoms with Gasteiger partial charge in [-0.1, -0.05) is 12.1 Å². The predicted octanol–water partition coefficient (Wildman–Crippen LogP) is 1.63. The molecule has 1 aliphatic heterocycles. The molecule has 1 heterocycles. The van der Waals surface area contributed by atoms with Gasteiger partial charge < -0.3 is 10.6 Å². The molecule has 4 heteroatoms. The van der Waals surface area contributed by atoms with E-state index in [1.165, 1.54) is 12.1 Å². The molecule has 98 valence electrons. The molecule has 18 heavy (non-hydrogen) atoms. The van der Waals surface area contributed by atoms with Gasteiger partial charge in [-0.05, 0) is 43.5 Å². The monoisotopic (exact) mass is 250 g/mol. The number of rotatable bonds is 4. The van der Waals surface area contributed by atoms with Crippen LogP contribution in [0, 0.1) is 5.82 Å². The second-order valence-corrected chi connectivity index (χ2v) is 4.74. The molecule has 0 saturated carbocycles. The summed E-state index contributed by atoms with van der Waals surface area (Å²) in [6, 6.07) is 6.58. The molecule has 2 rings (SSSR count). The van der Waals surface area contributed by atoms with Gasteiger partial charge in [0.15, 0.2) is 0 Å². The quantitative estimate of drug-likeness (QED) is 0.852. The zero-order valence-electron chi connectivity index (χ0n) is 10.4. The molecule has 0 spiro atoms. The highest BCUT2D eigenvalue weighted by atomic mass is 19.1. The largest absolute Gasteiger partial charge is 0.352 e. The van der Waals surface area contributed by atoms with Crippen molar-refractivity contribution >= 4 is 5.91 Å². The fraction of sp³-hybridized carbons (Fsp3) is 0.500. The Labute approximate surface area is 107 Å². The molecule has 0 radical (unpaired) electrons. The topological polar surface area (TPSA) is 41.1 Å². The molecule has 1 amide bonds. The molecule has 1 unspecified atom stereocenters. The summed E-state index contributed by atoms with van der Waals surface area (Å²) in [4.78, 5) is 11.7. The van der Waals surface area contributed by atoms with Crippen LogP contribution >= 0.6 is 0 Å². The Balaban J connectivity index is 1.72. The number of carbonyl (C=O) groups is 1. The fourth-order valence-electron chi connectivity index (χ4n) is 2.18. The predicted molar refractivity (Wildman–Crippen MR) is 68.8 cm³/mol. The van der Waals surface area contributed by atoms with Crippen molar-refractivity contribution in [1.29, 1.82) is 0 Å². The van der Waals surface area contributed by atoms with Crippen molar-refractivity contribution in [3.63, 3.8) is 0 Å². The molecular weight excluding hydrogens is 231 g/mol. The van der Waals surface area contributed by atoms with E-state index >= 15 is 0 Å². The molecule has 0 aromatic heterocycles. The van der Waals surface area contributed by atoms with Gasteiger partial charge in [0.05, 0.1) is 0 Å². The van der Waals surface area contributed by atoms with Gasteiger partial charge in [-0.15, -0.1) is 0 Å². The maximum atomic E-state index is 12.7. The molecule has 1 atom stereocenters. The third kappa shape index (κ3) is 4.11. The van der Waals surface area contributed by atoms with Gasteiger partial charge in [0.25, 0.3) is 0 Å². The number of benzene rings is 1. The van der Waals surface area contributed by atoms with E-state index in [1.807, 2.05) is 0 Å². The van der Waals surface area contributed by atoms with E-state index in [2.05, 4.69) is 10.6 Å². The Bertz CT molecular complexity index is 385. The summed E-state index contributed by atoms with van der Waals surface area (Å²) in [5, 5.41) is 6.29. The number of aryl methyl sites for hydroxylation is 1. The van der Waals surface area contributed by atoms with Crippen LogP contribution in [0.3, 0.4) is 0 Å². The maximum Gasteiger partial charge on any atom is 0.220 e. The fourth-order valence-corrected chi connectivity index (χ4v) is 2.18. The van der Waals surface area contributed by atoms with Crippen LogP contribution in [-0.4, -0.2) is 25.0 Å². The van der Waals surface area contributed by atoms with Gasteiger partial charge in [0, 0.05) is 19.0 Å². The highest BCUT2D eigenvalue weighted by molar-refractivity contribution is 5.76. The van der Waals surface area contributed by atoms with E-state index in [1.54, 1.807) is 12.1 Å². The first-order chi connectivity index (χ1) is 8.74. The highest BCUT2D eigenvalue weighted by Crippen LogP contribution is 2.06. The van der Waals surface area contributed by atoms with Crippen molar-refractivity contribution < 1.29 is 9.18 Å². The molecule has 0 aliphatic carbocycles. The number of hydrogen-bond acceptors (Lipinski definition) is 2. The van der Waals surface area contributed by atoms with E-state index in [0.717, 1.165) is 31.5 Å². The van der Waals surface area contributed by atoms with Crippen molar-refractivity contribution in [2.45, 2.75) is 31.7 Å². The maximum absolute atomic E-state index is 12.7. The van der Waals surface area contributed by atoms with E-state index in [0.29, 0.717) is 12.8 Å². The molecule has 0 bridgehead atoms. The molecule has 1 aromatic carbocycles. The normalized spacial score (nSPS) is 19.5. The average molecular weight is 250 g/mol. The van der Waals surface area contributed by atoms with E-state index in [9.17, 15) is 9.18 Å². The molecule has 3 nitrogen and oxygen atoms in total. The zero-order chi connectivity index (χ0) is 12.8. The van der Waals surface area contributed by atoms with Crippen molar-refractivity contribution in [3.8, 4) is 0 Å². The molecular formula is C14H19FN2O. The number of halogens is 1. The number of hydrogen-bond donors (Lipinski definition) is 2. The van der Waals surface area contributed by atoms with Crippen molar-refractivity contribution in [2.24, 2.45) is 0 Å². The summed E-state index contributed by atoms with van der Waals surface area (Å²) >= 11 is 0. The van der Waals surface area contributed by atoms with E-state index in [-0.39, 0.29) is 17.8 Å². The summed E-state index contributed by atoms with van der Waals surface area (Å²) in [7, 11) is 0. The zero-order valence-corrected chi connectivity index (χ0v) is 10.4. The lowest BCUT2D eigenvalue weighted by atomic mass is 10.1. The second kappa shape index (κ2) is 6.50. The van der Waals surface area contributed by atoms with Crippen LogP contribution < -0.4 is 10.6 Å². The average Bonchev–Trinajstić information content (AvgIpc) is 2.39. The van der Waals surface area contributed by atoms with Crippen LogP contribution in [0.4, 0.5) is 4.39 Å². The number of amides is 1. The lowest BCUT2D eigenvalue weighted by Gasteiger charge is -2.23. The van der Waals surface area contributed by atoms with Gasteiger partial charge in [-0.3, -0.25) is 4.79 Å². The lowest BCUT2D eigenvalue weighted by molar-refractivity contribution is -0.121. The summed E-state index contributed by atoms with van der Waals surface area (Å²) in [6.45, 7) is 1.91. The molecule has 2 N–H and O–H groups in total. The van der Waals surface area contributed by atoms with E-state index in [4.69, 9.17) is 0 Å². The minimum Gasteiger partial charge on any atom is -0.352 e. The van der Waals surface area contributed by atoms with Gasteiger partial charge in [0.1, 0.15) is 5.82 Å². The van der Waals surface area contributed by atoms with Crippen LogP contribution in [0.2, 0.25) is 0 Å². The number of carbonyl (C=O) groups excluding carboxylic acids is 1. The van der Waals surface area contributed by atoms with Crippen LogP contribution in [-0.2, 0) is 11.2 Å². The number of nitrogens with one attached hydrogen (secondary N) is 2. The molecule has 1 aromatic rings. The molecule has 1 fully saturated rings. The Morgan fingerprint density at radius 3 is 2.83 bits per heavy atom. The highest BCUT2D eigenvalue weighted by Gasteiger charge is 2.14. The van der Waals surface area contributed by atoms with E-state index < -0.39 is 0 Å². The first-order valence-corrected chi connectivity index (χ1v) is 6.48. The Kier molecular flexibility index (Phi) is 4.70. The second-order valence-electron chi connectivity index (χ2n) is 4.74. The summed E-state index contributed by atoms with van der Waals surface area (Å²) in [6.07, 6.45) is 3.28. The Morgan fingerprint density at radius 2 is 2.17 bits per heavy atom. The minimum atomic E-state index is -0.239. The van der Waals surface area contributed by atoms with Crippen LogP contribution in [0.15, 0.2) is 24.3 Å². The van der Waals surface area contributed by atoms with Gasteiger partial charge in [-0.2, -0.15) is 0 Å². The van der Waals surface area contributed by atoms with Gasteiger partial charge in [0.2, 0.25) is 5.91 Å². The van der Waals surface area contributed by atoms with Crippen molar-refractivity contribution in [3.05, 3.63) is 35.6 Å². The third-order valence-corrected chi connectivity index (χ3v) is 3.22. The molecule has 1 saturated heterocycles. The Morgan fingerprint density at radius 1 is 1.39 bits per heavy atom. The lowest BCUT2D eigenvalue weighted by Crippen LogP contribution is -2.45. The number of piperidine rings is 1. The van der Waals surface area contributed by atoms with Gasteiger partial charge >= 0.3 is 0 Å². The smallest absolute Gasteiger partial charge is 0.220 e. The Hall–Kier alpha value is -1.42.